The van der Waals surface area contributed by atoms with Gasteiger partial charge in [0.15, 0.2) is 5.82 Å². The van der Waals surface area contributed by atoms with E-state index < -0.39 is 29.4 Å². The zero-order chi connectivity index (χ0) is 28.7. The van der Waals surface area contributed by atoms with Gasteiger partial charge in [0.25, 0.3) is 0 Å². The molecule has 1 aromatic heterocycles. The number of aromatic amines is 1. The Hall–Kier alpha value is -4.16. The van der Waals surface area contributed by atoms with Gasteiger partial charge in [0.1, 0.15) is 18.2 Å². The first-order valence-corrected chi connectivity index (χ1v) is 13.0. The Morgan fingerprint density at radius 2 is 1.68 bits per heavy atom. The summed E-state index contributed by atoms with van der Waals surface area (Å²) in [6.45, 7) is -0.00613. The zero-order valence-corrected chi connectivity index (χ0v) is 22.0. The van der Waals surface area contributed by atoms with Crippen LogP contribution in [-0.2, 0) is 18.9 Å². The van der Waals surface area contributed by atoms with Crippen LogP contribution in [0.25, 0.3) is 22.5 Å². The first-order valence-electron chi connectivity index (χ1n) is 13.0. The van der Waals surface area contributed by atoms with Crippen LogP contribution in [-0.4, -0.2) is 60.8 Å². The molecular formula is C30H29F2N3O6. The molecule has 5 rings (SSSR count). The Morgan fingerprint density at radius 1 is 1.00 bits per heavy atom. The van der Waals surface area contributed by atoms with E-state index in [9.17, 15) is 18.7 Å². The second kappa shape index (κ2) is 13.0. The minimum absolute atomic E-state index is 0.0174. The molecule has 1 aliphatic heterocycles. The number of aromatic nitrogens is 2. The third-order valence-electron chi connectivity index (χ3n) is 6.51. The Labute approximate surface area is 235 Å². The van der Waals surface area contributed by atoms with Crippen molar-refractivity contribution >= 4 is 11.8 Å². The van der Waals surface area contributed by atoms with Gasteiger partial charge in [-0.25, -0.2) is 18.6 Å². The fourth-order valence-corrected chi connectivity index (χ4v) is 4.31. The molecule has 0 spiro atoms. The van der Waals surface area contributed by atoms with Gasteiger partial charge in [-0.05, 0) is 12.1 Å². The van der Waals surface area contributed by atoms with Crippen molar-refractivity contribution in [1.29, 1.82) is 0 Å². The number of anilines is 1. The highest BCUT2D eigenvalue weighted by Crippen LogP contribution is 2.35. The molecule has 9 nitrogen and oxygen atoms in total. The number of hydrogen-bond donors (Lipinski definition) is 3. The highest BCUT2D eigenvalue weighted by atomic mass is 19.1. The van der Waals surface area contributed by atoms with Crippen molar-refractivity contribution in [3.63, 3.8) is 0 Å². The fraction of sp³-hybridized carbons (Fsp3) is 0.267. The van der Waals surface area contributed by atoms with Gasteiger partial charge in [-0.2, -0.15) is 0 Å². The molecule has 2 heterocycles. The number of halogens is 2. The summed E-state index contributed by atoms with van der Waals surface area (Å²) >= 11 is 0. The molecule has 41 heavy (non-hydrogen) atoms. The first-order chi connectivity index (χ1) is 20.0. The highest BCUT2D eigenvalue weighted by Gasteiger charge is 2.39. The van der Waals surface area contributed by atoms with Crippen LogP contribution in [0.4, 0.5) is 19.3 Å². The van der Waals surface area contributed by atoms with Crippen molar-refractivity contribution in [2.45, 2.75) is 6.29 Å². The maximum atomic E-state index is 13.7. The van der Waals surface area contributed by atoms with E-state index in [0.717, 1.165) is 34.6 Å². The molecule has 11 heteroatoms. The number of carbonyl (C=O) groups excluding carboxylic acids is 1. The normalized spacial score (nSPS) is 18.7. The van der Waals surface area contributed by atoms with Crippen molar-refractivity contribution in [3.8, 4) is 22.5 Å². The lowest BCUT2D eigenvalue weighted by Crippen LogP contribution is -2.45. The Morgan fingerprint density at radius 3 is 2.34 bits per heavy atom. The number of nitrogens with zero attached hydrogens (tertiary/aromatic N) is 1. The number of benzene rings is 3. The van der Waals surface area contributed by atoms with Crippen LogP contribution in [0.1, 0.15) is 12.1 Å². The number of H-pyrrole nitrogens is 1. The van der Waals surface area contributed by atoms with E-state index in [4.69, 9.17) is 23.9 Å². The van der Waals surface area contributed by atoms with Gasteiger partial charge < -0.3 is 29.0 Å². The summed E-state index contributed by atoms with van der Waals surface area (Å²) in [7, 11) is 0. The van der Waals surface area contributed by atoms with Gasteiger partial charge >= 0.3 is 6.09 Å². The smallest absolute Gasteiger partial charge is 0.411 e. The maximum Gasteiger partial charge on any atom is 0.411 e. The molecule has 0 atom stereocenters. The lowest BCUT2D eigenvalue weighted by molar-refractivity contribution is -0.254. The first kappa shape index (κ1) is 28.4. The quantitative estimate of drug-likeness (QED) is 0.223. The summed E-state index contributed by atoms with van der Waals surface area (Å²) in [4.78, 5) is 20.0. The van der Waals surface area contributed by atoms with E-state index >= 15 is 0 Å². The van der Waals surface area contributed by atoms with Gasteiger partial charge in [-0.1, -0.05) is 60.7 Å². The van der Waals surface area contributed by atoms with Gasteiger partial charge in [-0.15, -0.1) is 0 Å². The third-order valence-corrected chi connectivity index (χ3v) is 6.51. The van der Waals surface area contributed by atoms with Crippen molar-refractivity contribution < 1.29 is 37.6 Å². The maximum absolute atomic E-state index is 13.7. The van der Waals surface area contributed by atoms with E-state index in [1.807, 2.05) is 60.7 Å². The number of imidazole rings is 1. The van der Waals surface area contributed by atoms with Gasteiger partial charge in [-0.3, -0.25) is 5.32 Å². The largest absolute Gasteiger partial charge is 0.447 e. The van der Waals surface area contributed by atoms with Gasteiger partial charge in [0, 0.05) is 17.2 Å². The second-order valence-electron chi connectivity index (χ2n) is 9.63. The van der Waals surface area contributed by atoms with E-state index in [1.54, 1.807) is 0 Å². The Bertz CT molecular complexity index is 1390. The molecule has 1 amide bonds. The minimum atomic E-state index is -0.916. The third kappa shape index (κ3) is 6.95. The number of aliphatic hydroxyl groups is 1. The molecule has 0 aliphatic carbocycles. The van der Waals surface area contributed by atoms with Crippen molar-refractivity contribution in [2.75, 3.05) is 45.0 Å². The van der Waals surface area contributed by atoms with Crippen molar-refractivity contribution in [1.82, 2.24) is 9.97 Å². The molecule has 214 valence electrons. The highest BCUT2D eigenvalue weighted by molar-refractivity contribution is 5.84. The van der Waals surface area contributed by atoms with Crippen LogP contribution in [0.2, 0.25) is 0 Å². The molecular weight excluding hydrogens is 536 g/mol. The number of aliphatic hydroxyl groups excluding tert-OH is 1. The van der Waals surface area contributed by atoms with Crippen LogP contribution >= 0.6 is 0 Å². The Kier molecular flexibility index (Phi) is 9.00. The SMILES string of the molecule is O=C(Nc1ccc(F)cc1F)OCCOC[C@]1(CO)CO[C@H](c2nc(-c3ccccc3)c(-c3ccccc3)[nH]2)OC1. The molecule has 0 radical (unpaired) electrons. The predicted molar refractivity (Wildman–Crippen MR) is 146 cm³/mol. The van der Waals surface area contributed by atoms with E-state index in [1.165, 1.54) is 0 Å². The van der Waals surface area contributed by atoms with Gasteiger partial charge in [0.2, 0.25) is 6.29 Å². The minimum Gasteiger partial charge on any atom is -0.447 e. The number of nitrogens with one attached hydrogen (secondary N) is 2. The zero-order valence-electron chi connectivity index (χ0n) is 22.0. The van der Waals surface area contributed by atoms with E-state index in [2.05, 4.69) is 10.3 Å². The summed E-state index contributed by atoms with van der Waals surface area (Å²) in [5.74, 6) is -1.17. The summed E-state index contributed by atoms with van der Waals surface area (Å²) in [5, 5.41) is 12.3. The Balaban J connectivity index is 1.14. The molecule has 1 fully saturated rings. The molecule has 0 saturated carbocycles. The number of rotatable bonds is 10. The second-order valence-corrected chi connectivity index (χ2v) is 9.63. The average Bonchev–Trinajstić information content (AvgIpc) is 3.45. The summed E-state index contributed by atoms with van der Waals surface area (Å²) in [6.07, 6.45) is -1.68. The van der Waals surface area contributed by atoms with Crippen LogP contribution in [0, 0.1) is 17.0 Å². The lowest BCUT2D eigenvalue weighted by atomic mass is 9.91. The van der Waals surface area contributed by atoms with Gasteiger partial charge in [0.05, 0.1) is 55.5 Å². The molecule has 1 aliphatic rings. The number of hydrogen-bond acceptors (Lipinski definition) is 7. The van der Waals surface area contributed by atoms with Crippen molar-refractivity contribution in [3.05, 3.63) is 96.3 Å². The van der Waals surface area contributed by atoms with E-state index in [-0.39, 0.29) is 45.3 Å². The molecule has 3 aromatic carbocycles. The number of carbonyl (C=O) groups is 1. The topological polar surface area (TPSA) is 115 Å². The fourth-order valence-electron chi connectivity index (χ4n) is 4.31. The number of ether oxygens (including phenoxy) is 4. The summed E-state index contributed by atoms with van der Waals surface area (Å²) < 4.78 is 49.2. The monoisotopic (exact) mass is 565 g/mol. The van der Waals surface area contributed by atoms with E-state index in [0.29, 0.717) is 11.9 Å². The molecule has 3 N–H and O–H groups in total. The summed E-state index contributed by atoms with van der Waals surface area (Å²) in [5.41, 5.74) is 2.50. The molecule has 0 unspecified atom stereocenters. The molecule has 0 bridgehead atoms. The predicted octanol–water partition coefficient (Wildman–Crippen LogP) is 5.31. The lowest BCUT2D eigenvalue weighted by Gasteiger charge is -2.37. The standard InChI is InChI=1S/C30H29F2N3O6/c31-22-11-12-24(23(32)15-22)33-29(37)39-14-13-38-17-30(16-36)18-40-28(41-19-30)27-34-25(20-7-3-1-4-8-20)26(35-27)21-9-5-2-6-10-21/h1-12,15,28,36H,13-14,16-19H2,(H,33,37)(H,34,35)/t28-,30+. The van der Waals surface area contributed by atoms with Crippen molar-refractivity contribution in [2.24, 2.45) is 5.41 Å². The average molecular weight is 566 g/mol. The molecule has 1 saturated heterocycles. The van der Waals surface area contributed by atoms with Crippen LogP contribution in [0.5, 0.6) is 0 Å². The summed E-state index contributed by atoms with van der Waals surface area (Å²) in [6, 6.07) is 22.4. The molecule has 4 aromatic rings. The van der Waals surface area contributed by atoms with Crippen LogP contribution < -0.4 is 5.32 Å². The van der Waals surface area contributed by atoms with Crippen LogP contribution in [0.15, 0.2) is 78.9 Å². The number of amides is 1. The van der Waals surface area contributed by atoms with Crippen LogP contribution in [0.3, 0.4) is 0 Å².